The zero-order valence-corrected chi connectivity index (χ0v) is 19.3. The summed E-state index contributed by atoms with van der Waals surface area (Å²) in [7, 11) is 0. The monoisotopic (exact) mass is 471 g/mol. The first-order chi connectivity index (χ1) is 17.0. The molecule has 4 N–H and O–H groups in total. The number of nitrogens with one attached hydrogen (secondary N) is 2. The molecule has 1 amide bonds. The number of rotatable bonds is 5. The molecule has 178 valence electrons. The topological polar surface area (TPSA) is 106 Å². The predicted molar refractivity (Wildman–Crippen MR) is 136 cm³/mol. The van der Waals surface area contributed by atoms with E-state index in [1.165, 1.54) is 25.3 Å². The average molecular weight is 472 g/mol. The van der Waals surface area contributed by atoms with Gasteiger partial charge in [-0.1, -0.05) is 0 Å². The maximum absolute atomic E-state index is 13.8. The standard InChI is InChI=1S/C27H26FN5O2/c1-16(34)32-25-7-2-18(15-31-25)26-22-13-23(30)19(14-29)12-24(22)33(21-5-3-20(28)4-6-21)27(26)17-8-10-35-11-9-17/h2-7,12-15,17,29H,8-11,30H2,1H3,(H,31,32,34). The minimum atomic E-state index is -0.305. The average Bonchev–Trinajstić information content (AvgIpc) is 3.18. The van der Waals surface area contributed by atoms with Gasteiger partial charge in [0.25, 0.3) is 0 Å². The molecule has 8 heteroatoms. The summed E-state index contributed by atoms with van der Waals surface area (Å²) >= 11 is 0. The van der Waals surface area contributed by atoms with Crippen LogP contribution in [0.15, 0.2) is 54.7 Å². The van der Waals surface area contributed by atoms with Gasteiger partial charge in [0.05, 0.1) is 5.52 Å². The van der Waals surface area contributed by atoms with Gasteiger partial charge in [-0.3, -0.25) is 4.79 Å². The van der Waals surface area contributed by atoms with Gasteiger partial charge in [0.15, 0.2) is 0 Å². The minimum Gasteiger partial charge on any atom is -0.398 e. The number of hydrogen-bond donors (Lipinski definition) is 3. The Kier molecular flexibility index (Phi) is 6.05. The molecule has 3 heterocycles. The number of carbonyl (C=O) groups is 1. The van der Waals surface area contributed by atoms with Crippen molar-refractivity contribution >= 4 is 34.5 Å². The summed E-state index contributed by atoms with van der Waals surface area (Å²) in [6.07, 6.45) is 4.68. The highest BCUT2D eigenvalue weighted by molar-refractivity contribution is 6.04. The molecule has 2 aromatic heterocycles. The lowest BCUT2D eigenvalue weighted by molar-refractivity contribution is -0.114. The summed E-state index contributed by atoms with van der Waals surface area (Å²) in [5, 5.41) is 11.5. The summed E-state index contributed by atoms with van der Waals surface area (Å²) in [6.45, 7) is 2.75. The van der Waals surface area contributed by atoms with Crippen molar-refractivity contribution in [1.82, 2.24) is 9.55 Å². The van der Waals surface area contributed by atoms with Crippen molar-refractivity contribution in [3.63, 3.8) is 0 Å². The highest BCUT2D eigenvalue weighted by atomic mass is 19.1. The lowest BCUT2D eigenvalue weighted by atomic mass is 9.90. The fourth-order valence-corrected chi connectivity index (χ4v) is 4.84. The maximum atomic E-state index is 13.8. The molecule has 4 aromatic rings. The number of nitrogens with zero attached hydrogens (tertiary/aromatic N) is 2. The number of amides is 1. The Morgan fingerprint density at radius 1 is 1.20 bits per heavy atom. The molecule has 7 nitrogen and oxygen atoms in total. The van der Waals surface area contributed by atoms with E-state index in [-0.39, 0.29) is 17.6 Å². The molecule has 1 aliphatic rings. The summed E-state index contributed by atoms with van der Waals surface area (Å²) in [5.74, 6) is 0.172. The number of benzene rings is 2. The third kappa shape index (κ3) is 4.28. The third-order valence-electron chi connectivity index (χ3n) is 6.41. The first-order valence-corrected chi connectivity index (χ1v) is 11.5. The number of pyridine rings is 1. The van der Waals surface area contributed by atoms with E-state index in [1.54, 1.807) is 24.4 Å². The number of halogens is 1. The summed E-state index contributed by atoms with van der Waals surface area (Å²) in [5.41, 5.74) is 12.1. The van der Waals surface area contributed by atoms with Crippen LogP contribution in [0.3, 0.4) is 0 Å². The second kappa shape index (κ2) is 9.31. The number of ether oxygens (including phenoxy) is 1. The largest absolute Gasteiger partial charge is 0.398 e. The molecule has 0 aliphatic carbocycles. The van der Waals surface area contributed by atoms with Crippen molar-refractivity contribution < 1.29 is 13.9 Å². The van der Waals surface area contributed by atoms with Gasteiger partial charge in [-0.15, -0.1) is 0 Å². The van der Waals surface area contributed by atoms with Gasteiger partial charge >= 0.3 is 0 Å². The Morgan fingerprint density at radius 3 is 2.57 bits per heavy atom. The van der Waals surface area contributed by atoms with E-state index < -0.39 is 0 Å². The Balaban J connectivity index is 1.83. The third-order valence-corrected chi connectivity index (χ3v) is 6.41. The van der Waals surface area contributed by atoms with Crippen molar-refractivity contribution in [2.24, 2.45) is 0 Å². The number of hydrogen-bond acceptors (Lipinski definition) is 5. The second-order valence-electron chi connectivity index (χ2n) is 8.71. The van der Waals surface area contributed by atoms with Crippen LogP contribution in [0.25, 0.3) is 27.7 Å². The van der Waals surface area contributed by atoms with Gasteiger partial charge in [0.2, 0.25) is 5.91 Å². The zero-order valence-electron chi connectivity index (χ0n) is 19.3. The molecule has 0 radical (unpaired) electrons. The molecule has 0 saturated carbocycles. The molecule has 0 bridgehead atoms. The van der Waals surface area contributed by atoms with E-state index in [1.807, 2.05) is 18.2 Å². The number of anilines is 2. The van der Waals surface area contributed by atoms with Gasteiger partial charge in [-0.25, -0.2) is 9.37 Å². The van der Waals surface area contributed by atoms with Crippen molar-refractivity contribution in [2.45, 2.75) is 25.7 Å². The quantitative estimate of drug-likeness (QED) is 0.272. The molecule has 0 unspecified atom stereocenters. The maximum Gasteiger partial charge on any atom is 0.222 e. The second-order valence-corrected chi connectivity index (χ2v) is 8.71. The SMILES string of the molecule is CC(=O)Nc1ccc(-c2c(C3CCOCC3)n(-c3ccc(F)cc3)c3cc(C=N)c(N)cc23)cn1. The van der Waals surface area contributed by atoms with Gasteiger partial charge < -0.3 is 25.8 Å². The number of carbonyl (C=O) groups excluding carboxylic acids is 1. The van der Waals surface area contributed by atoms with Crippen molar-refractivity contribution in [3.05, 3.63) is 71.8 Å². The number of aromatic nitrogens is 2. The highest BCUT2D eigenvalue weighted by Gasteiger charge is 2.28. The van der Waals surface area contributed by atoms with E-state index >= 15 is 0 Å². The van der Waals surface area contributed by atoms with Gasteiger partial charge in [0.1, 0.15) is 11.6 Å². The smallest absolute Gasteiger partial charge is 0.222 e. The van der Waals surface area contributed by atoms with E-state index in [9.17, 15) is 9.18 Å². The number of nitrogens with two attached hydrogens (primary N) is 1. The molecular formula is C27H26FN5O2. The Hall–Kier alpha value is -4.04. The van der Waals surface area contributed by atoms with E-state index in [2.05, 4.69) is 14.9 Å². The molecule has 35 heavy (non-hydrogen) atoms. The van der Waals surface area contributed by atoms with Crippen LogP contribution < -0.4 is 11.1 Å². The first-order valence-electron chi connectivity index (χ1n) is 11.5. The lowest BCUT2D eigenvalue weighted by Gasteiger charge is -2.25. The molecule has 5 rings (SSSR count). The Morgan fingerprint density at radius 2 is 1.94 bits per heavy atom. The lowest BCUT2D eigenvalue weighted by Crippen LogP contribution is -2.17. The summed E-state index contributed by atoms with van der Waals surface area (Å²) in [4.78, 5) is 15.9. The predicted octanol–water partition coefficient (Wildman–Crippen LogP) is 5.26. The van der Waals surface area contributed by atoms with Crippen molar-refractivity contribution in [3.8, 4) is 16.8 Å². The van der Waals surface area contributed by atoms with Crippen LogP contribution >= 0.6 is 0 Å². The van der Waals surface area contributed by atoms with E-state index in [0.717, 1.165) is 46.3 Å². The van der Waals surface area contributed by atoms with E-state index in [0.29, 0.717) is 30.3 Å². The Labute approximate surface area is 202 Å². The van der Waals surface area contributed by atoms with Crippen LogP contribution in [-0.2, 0) is 9.53 Å². The summed E-state index contributed by atoms with van der Waals surface area (Å²) in [6, 6.07) is 14.0. The minimum absolute atomic E-state index is 0.187. The van der Waals surface area contributed by atoms with Crippen LogP contribution in [0.1, 0.15) is 36.9 Å². The molecule has 0 spiro atoms. The summed E-state index contributed by atoms with van der Waals surface area (Å²) < 4.78 is 21.6. The normalized spacial score (nSPS) is 14.2. The van der Waals surface area contributed by atoms with Gasteiger partial charge in [-0.05, 0) is 61.4 Å². The molecule has 1 saturated heterocycles. The van der Waals surface area contributed by atoms with Crippen molar-refractivity contribution in [2.75, 3.05) is 24.3 Å². The number of fused-ring (bicyclic) bond motifs is 1. The molecule has 1 fully saturated rings. The Bertz CT molecular complexity index is 1400. The molecule has 2 aromatic carbocycles. The van der Waals surface area contributed by atoms with Crippen LogP contribution in [-0.4, -0.2) is 34.9 Å². The van der Waals surface area contributed by atoms with Crippen LogP contribution in [0.2, 0.25) is 0 Å². The highest BCUT2D eigenvalue weighted by Crippen LogP contribution is 2.44. The van der Waals surface area contributed by atoms with Gasteiger partial charge in [0, 0.05) is 77.6 Å². The zero-order chi connectivity index (χ0) is 24.5. The first kappa shape index (κ1) is 22.7. The van der Waals surface area contributed by atoms with Crippen LogP contribution in [0, 0.1) is 11.2 Å². The fraction of sp³-hybridized carbons (Fsp3) is 0.222. The van der Waals surface area contributed by atoms with Crippen LogP contribution in [0.5, 0.6) is 0 Å². The fourth-order valence-electron chi connectivity index (χ4n) is 4.84. The van der Waals surface area contributed by atoms with Crippen molar-refractivity contribution in [1.29, 1.82) is 5.41 Å². The molecular weight excluding hydrogens is 445 g/mol. The number of nitrogen functional groups attached to an aromatic ring is 1. The molecule has 0 atom stereocenters. The molecule has 1 aliphatic heterocycles. The van der Waals surface area contributed by atoms with E-state index in [4.69, 9.17) is 15.9 Å². The van der Waals surface area contributed by atoms with Gasteiger partial charge in [-0.2, -0.15) is 0 Å². The van der Waals surface area contributed by atoms with Crippen LogP contribution in [0.4, 0.5) is 15.9 Å².